The third kappa shape index (κ3) is 7.02. The van der Waals surface area contributed by atoms with Crippen molar-refractivity contribution in [3.05, 3.63) is 53.3 Å². The first-order valence-corrected chi connectivity index (χ1v) is 11.1. The summed E-state index contributed by atoms with van der Waals surface area (Å²) in [5.41, 5.74) is 0.0926. The van der Waals surface area contributed by atoms with Gasteiger partial charge < -0.3 is 19.5 Å². The van der Waals surface area contributed by atoms with Gasteiger partial charge in [-0.3, -0.25) is 19.3 Å². The van der Waals surface area contributed by atoms with Crippen molar-refractivity contribution in [3.8, 4) is 11.5 Å². The minimum Gasteiger partial charge on any atom is -0.493 e. The van der Waals surface area contributed by atoms with Crippen LogP contribution in [0.1, 0.15) is 53.8 Å². The fourth-order valence-electron chi connectivity index (χ4n) is 3.17. The van der Waals surface area contributed by atoms with Gasteiger partial charge in [0.05, 0.1) is 37.6 Å². The van der Waals surface area contributed by atoms with E-state index < -0.39 is 23.6 Å². The zero-order chi connectivity index (χ0) is 26.0. The monoisotopic (exact) mass is 488 g/mol. The van der Waals surface area contributed by atoms with E-state index >= 15 is 0 Å². The molecule has 0 aromatic heterocycles. The fraction of sp³-hybridized carbons (Fsp3) is 0.360. The maximum absolute atomic E-state index is 14.1. The molecule has 3 amide bonds. The Balaban J connectivity index is 2.17. The third-order valence-corrected chi connectivity index (χ3v) is 5.04. The molecule has 35 heavy (non-hydrogen) atoms. The standard InChI is InChI=1S/C25H29FN2O7/c1-5-22(29)27-19-15-20(33-3)21(14-17(19)25(32)34-4)35-13-9-12-28(23(30)6-2)24(31)16-10-7-8-11-18(16)26/h7-8,10-11,14-15H,5-6,9,12-13H2,1-4H3,(H,27,29). The van der Waals surface area contributed by atoms with Gasteiger partial charge in [0, 0.05) is 31.5 Å². The summed E-state index contributed by atoms with van der Waals surface area (Å²) in [7, 11) is 2.62. The summed E-state index contributed by atoms with van der Waals surface area (Å²) < 4.78 is 29.9. The Morgan fingerprint density at radius 2 is 1.69 bits per heavy atom. The highest BCUT2D eigenvalue weighted by atomic mass is 19.1. The van der Waals surface area contributed by atoms with E-state index in [1.165, 1.54) is 44.6 Å². The Morgan fingerprint density at radius 3 is 2.29 bits per heavy atom. The van der Waals surface area contributed by atoms with Crippen LogP contribution in [0.2, 0.25) is 0 Å². The lowest BCUT2D eigenvalue weighted by Crippen LogP contribution is -2.38. The summed E-state index contributed by atoms with van der Waals surface area (Å²) >= 11 is 0. The number of carbonyl (C=O) groups is 4. The van der Waals surface area contributed by atoms with Crippen LogP contribution in [-0.2, 0) is 14.3 Å². The summed E-state index contributed by atoms with van der Waals surface area (Å²) in [5.74, 6) is -2.40. The van der Waals surface area contributed by atoms with Gasteiger partial charge >= 0.3 is 5.97 Å². The first-order chi connectivity index (χ1) is 16.8. The van der Waals surface area contributed by atoms with E-state index in [1.807, 2.05) is 0 Å². The Morgan fingerprint density at radius 1 is 0.971 bits per heavy atom. The third-order valence-electron chi connectivity index (χ3n) is 5.04. The van der Waals surface area contributed by atoms with Gasteiger partial charge in [-0.15, -0.1) is 0 Å². The molecular weight excluding hydrogens is 459 g/mol. The maximum atomic E-state index is 14.1. The summed E-state index contributed by atoms with van der Waals surface area (Å²) in [5, 5.41) is 2.62. The van der Waals surface area contributed by atoms with Crippen LogP contribution >= 0.6 is 0 Å². The van der Waals surface area contributed by atoms with Gasteiger partial charge in [-0.05, 0) is 18.6 Å². The molecule has 0 aliphatic rings. The van der Waals surface area contributed by atoms with E-state index in [0.29, 0.717) is 0 Å². The lowest BCUT2D eigenvalue weighted by Gasteiger charge is -2.21. The quantitative estimate of drug-likeness (QED) is 0.378. The number of carbonyl (C=O) groups excluding carboxylic acids is 4. The number of nitrogens with one attached hydrogen (secondary N) is 1. The van der Waals surface area contributed by atoms with Gasteiger partial charge in [-0.25, -0.2) is 9.18 Å². The van der Waals surface area contributed by atoms with Gasteiger partial charge in [-0.1, -0.05) is 26.0 Å². The molecule has 2 aromatic carbocycles. The molecule has 2 rings (SSSR count). The van der Waals surface area contributed by atoms with Crippen molar-refractivity contribution in [2.24, 2.45) is 0 Å². The molecule has 0 bridgehead atoms. The maximum Gasteiger partial charge on any atom is 0.340 e. The minimum atomic E-state index is -0.725. The second-order valence-electron chi connectivity index (χ2n) is 7.33. The van der Waals surface area contributed by atoms with Crippen molar-refractivity contribution in [3.63, 3.8) is 0 Å². The number of imide groups is 1. The number of hydrogen-bond acceptors (Lipinski definition) is 7. The second kappa shape index (κ2) is 13.1. The Labute approximate surface area is 203 Å². The highest BCUT2D eigenvalue weighted by molar-refractivity contribution is 6.05. The molecule has 0 saturated carbocycles. The topological polar surface area (TPSA) is 111 Å². The lowest BCUT2D eigenvalue weighted by atomic mass is 10.1. The molecule has 2 aromatic rings. The highest BCUT2D eigenvalue weighted by Crippen LogP contribution is 2.34. The van der Waals surface area contributed by atoms with Gasteiger partial charge in [-0.2, -0.15) is 0 Å². The number of amides is 3. The number of halogens is 1. The summed E-state index contributed by atoms with van der Waals surface area (Å²) in [6, 6.07) is 8.29. The van der Waals surface area contributed by atoms with Crippen LogP contribution in [-0.4, -0.2) is 56.0 Å². The van der Waals surface area contributed by atoms with Gasteiger partial charge in [0.2, 0.25) is 11.8 Å². The van der Waals surface area contributed by atoms with E-state index in [9.17, 15) is 23.6 Å². The van der Waals surface area contributed by atoms with E-state index in [0.717, 1.165) is 11.0 Å². The molecular formula is C25H29FN2O7. The molecule has 0 atom stereocenters. The number of rotatable bonds is 11. The average molecular weight is 489 g/mol. The Bertz CT molecular complexity index is 1090. The minimum absolute atomic E-state index is 0.00332. The SMILES string of the molecule is CCC(=O)Nc1cc(OC)c(OCCCN(C(=O)CC)C(=O)c2ccccc2F)cc1C(=O)OC. The number of methoxy groups -OCH3 is 2. The summed E-state index contributed by atoms with van der Waals surface area (Å²) in [6.07, 6.45) is 0.513. The van der Waals surface area contributed by atoms with Crippen molar-refractivity contribution in [2.45, 2.75) is 33.1 Å². The molecule has 1 N–H and O–H groups in total. The van der Waals surface area contributed by atoms with Gasteiger partial charge in [0.25, 0.3) is 5.91 Å². The van der Waals surface area contributed by atoms with Crippen LogP contribution in [0, 0.1) is 5.82 Å². The molecule has 0 aliphatic carbocycles. The van der Waals surface area contributed by atoms with Crippen LogP contribution in [0.25, 0.3) is 0 Å². The average Bonchev–Trinajstić information content (AvgIpc) is 2.87. The van der Waals surface area contributed by atoms with Crippen LogP contribution in [0.3, 0.4) is 0 Å². The van der Waals surface area contributed by atoms with Gasteiger partial charge in [0.15, 0.2) is 11.5 Å². The van der Waals surface area contributed by atoms with Crippen molar-refractivity contribution < 1.29 is 37.8 Å². The van der Waals surface area contributed by atoms with Crippen molar-refractivity contribution >= 4 is 29.4 Å². The molecule has 0 unspecified atom stereocenters. The van der Waals surface area contributed by atoms with E-state index in [1.54, 1.807) is 13.8 Å². The lowest BCUT2D eigenvalue weighted by molar-refractivity contribution is -0.128. The smallest absolute Gasteiger partial charge is 0.340 e. The molecule has 0 aliphatic heterocycles. The molecule has 0 heterocycles. The first-order valence-electron chi connectivity index (χ1n) is 11.1. The zero-order valence-electron chi connectivity index (χ0n) is 20.2. The fourth-order valence-corrected chi connectivity index (χ4v) is 3.17. The number of benzene rings is 2. The molecule has 0 radical (unpaired) electrons. The summed E-state index contributed by atoms with van der Waals surface area (Å²) in [4.78, 5) is 50.2. The van der Waals surface area contributed by atoms with Crippen molar-refractivity contribution in [2.75, 3.05) is 32.7 Å². The van der Waals surface area contributed by atoms with Crippen molar-refractivity contribution in [1.82, 2.24) is 4.90 Å². The number of nitrogens with zero attached hydrogens (tertiary/aromatic N) is 1. The molecule has 188 valence electrons. The van der Waals surface area contributed by atoms with Crippen molar-refractivity contribution in [1.29, 1.82) is 0 Å². The number of ether oxygens (including phenoxy) is 3. The molecule has 0 saturated heterocycles. The second-order valence-corrected chi connectivity index (χ2v) is 7.33. The number of anilines is 1. The van der Waals surface area contributed by atoms with Crippen LogP contribution < -0.4 is 14.8 Å². The molecule has 0 spiro atoms. The molecule has 0 fully saturated rings. The number of esters is 1. The predicted molar refractivity (Wildman–Crippen MR) is 126 cm³/mol. The normalized spacial score (nSPS) is 10.3. The largest absolute Gasteiger partial charge is 0.493 e. The van der Waals surface area contributed by atoms with Crippen LogP contribution in [0.5, 0.6) is 11.5 Å². The first kappa shape index (κ1) is 27.3. The number of hydrogen-bond donors (Lipinski definition) is 1. The highest BCUT2D eigenvalue weighted by Gasteiger charge is 2.24. The molecule has 10 heteroatoms. The van der Waals surface area contributed by atoms with Gasteiger partial charge in [0.1, 0.15) is 5.82 Å². The van der Waals surface area contributed by atoms with E-state index in [-0.39, 0.29) is 66.6 Å². The Hall–Kier alpha value is -3.95. The summed E-state index contributed by atoms with van der Waals surface area (Å²) in [6.45, 7) is 3.33. The van der Waals surface area contributed by atoms with Crippen LogP contribution in [0.15, 0.2) is 36.4 Å². The Kier molecular flexibility index (Phi) is 10.2. The predicted octanol–water partition coefficient (Wildman–Crippen LogP) is 3.82. The molecule has 9 nitrogen and oxygen atoms in total. The van der Waals surface area contributed by atoms with E-state index in [2.05, 4.69) is 5.32 Å². The zero-order valence-corrected chi connectivity index (χ0v) is 20.2. The van der Waals surface area contributed by atoms with Crippen LogP contribution in [0.4, 0.5) is 10.1 Å². The van der Waals surface area contributed by atoms with E-state index in [4.69, 9.17) is 14.2 Å².